The van der Waals surface area contributed by atoms with Crippen LogP contribution in [-0.4, -0.2) is 38.6 Å². The second-order valence-electron chi connectivity index (χ2n) is 5.27. The van der Waals surface area contributed by atoms with Gasteiger partial charge in [0.05, 0.1) is 16.8 Å². The molecule has 2 rings (SSSR count). The van der Waals surface area contributed by atoms with E-state index >= 15 is 0 Å². The van der Waals surface area contributed by atoms with Crippen LogP contribution in [0.5, 0.6) is 5.88 Å². The molecule has 0 aliphatic carbocycles. The average molecular weight is 403 g/mol. The molecule has 11 heteroatoms. The van der Waals surface area contributed by atoms with E-state index in [0.717, 1.165) is 6.20 Å². The third-order valence-corrected chi connectivity index (χ3v) is 4.66. The van der Waals surface area contributed by atoms with Crippen LogP contribution in [0.1, 0.15) is 17.3 Å². The number of carbonyl (C=O) groups is 1. The first kappa shape index (κ1) is 20.6. The molecule has 0 saturated heterocycles. The number of amides is 1. The fourth-order valence-corrected chi connectivity index (χ4v) is 3.06. The summed E-state index contributed by atoms with van der Waals surface area (Å²) >= 11 is 0. The van der Waals surface area contributed by atoms with Crippen molar-refractivity contribution >= 4 is 21.6 Å². The van der Waals surface area contributed by atoms with Gasteiger partial charge in [-0.25, -0.2) is 18.1 Å². The molecule has 146 valence electrons. The lowest BCUT2D eigenvalue weighted by Crippen LogP contribution is -2.23. The van der Waals surface area contributed by atoms with E-state index in [0.29, 0.717) is 0 Å². The van der Waals surface area contributed by atoms with Gasteiger partial charge in [-0.05, 0) is 24.3 Å². The molecule has 0 aliphatic rings. The third kappa shape index (κ3) is 6.22. The number of aromatic nitrogens is 1. The predicted molar refractivity (Wildman–Crippen MR) is 91.0 cm³/mol. The molecule has 1 aromatic carbocycles. The maximum absolute atomic E-state index is 12.3. The molecular weight excluding hydrogens is 387 g/mol. The van der Waals surface area contributed by atoms with Crippen molar-refractivity contribution < 1.29 is 31.1 Å². The van der Waals surface area contributed by atoms with Crippen molar-refractivity contribution in [2.45, 2.75) is 18.0 Å². The molecule has 0 radical (unpaired) electrons. The van der Waals surface area contributed by atoms with E-state index in [1.54, 1.807) is 6.92 Å². The molecule has 1 heterocycles. The van der Waals surface area contributed by atoms with Crippen LogP contribution in [-0.2, 0) is 10.0 Å². The Hall–Kier alpha value is -2.66. The van der Waals surface area contributed by atoms with Crippen LogP contribution in [0.3, 0.4) is 0 Å². The zero-order valence-corrected chi connectivity index (χ0v) is 14.9. The number of sulfonamides is 1. The summed E-state index contributed by atoms with van der Waals surface area (Å²) in [7, 11) is -3.71. The number of halogens is 3. The Morgan fingerprint density at radius 1 is 1.22 bits per heavy atom. The zero-order valence-electron chi connectivity index (χ0n) is 14.1. The number of alkyl halides is 3. The largest absolute Gasteiger partial charge is 0.468 e. The molecule has 0 aliphatic heterocycles. The molecule has 1 aromatic heterocycles. The quantitative estimate of drug-likeness (QED) is 0.741. The second kappa shape index (κ2) is 8.35. The highest BCUT2D eigenvalue weighted by Crippen LogP contribution is 2.19. The van der Waals surface area contributed by atoms with Crippen LogP contribution in [0.2, 0.25) is 0 Å². The van der Waals surface area contributed by atoms with Gasteiger partial charge in [-0.2, -0.15) is 13.2 Å². The summed E-state index contributed by atoms with van der Waals surface area (Å²) in [6, 6.07) is 7.90. The summed E-state index contributed by atoms with van der Waals surface area (Å²) in [6.07, 6.45) is -3.35. The minimum absolute atomic E-state index is 0.0639. The number of benzene rings is 1. The van der Waals surface area contributed by atoms with Crippen molar-refractivity contribution in [3.8, 4) is 5.88 Å². The van der Waals surface area contributed by atoms with Crippen molar-refractivity contribution in [1.82, 2.24) is 9.71 Å². The Bertz CT molecular complexity index is 900. The molecule has 0 spiro atoms. The Kier molecular flexibility index (Phi) is 6.39. The summed E-state index contributed by atoms with van der Waals surface area (Å²) in [5, 5.41) is 2.47. The van der Waals surface area contributed by atoms with E-state index in [9.17, 15) is 26.4 Å². The van der Waals surface area contributed by atoms with E-state index in [2.05, 4.69) is 19.8 Å². The Labute approximate surface area is 153 Å². The molecular formula is C16H16F3N3O4S. The molecule has 0 fully saturated rings. The molecule has 0 unspecified atom stereocenters. The van der Waals surface area contributed by atoms with Crippen LogP contribution in [0.25, 0.3) is 0 Å². The van der Waals surface area contributed by atoms with Gasteiger partial charge in [-0.3, -0.25) is 4.79 Å². The number of pyridine rings is 1. The van der Waals surface area contributed by atoms with Gasteiger partial charge in [0, 0.05) is 18.2 Å². The maximum Gasteiger partial charge on any atom is 0.422 e. The van der Waals surface area contributed by atoms with E-state index in [1.165, 1.54) is 36.4 Å². The molecule has 2 N–H and O–H groups in total. The van der Waals surface area contributed by atoms with Crippen molar-refractivity contribution in [3.63, 3.8) is 0 Å². The van der Waals surface area contributed by atoms with E-state index in [-0.39, 0.29) is 28.6 Å². The van der Waals surface area contributed by atoms with Gasteiger partial charge in [0.15, 0.2) is 6.61 Å². The summed E-state index contributed by atoms with van der Waals surface area (Å²) in [5.74, 6) is -0.849. The topological polar surface area (TPSA) is 97.4 Å². The van der Waals surface area contributed by atoms with Gasteiger partial charge in [0.25, 0.3) is 5.91 Å². The summed E-state index contributed by atoms with van der Waals surface area (Å²) in [6.45, 7) is 0.356. The van der Waals surface area contributed by atoms with Gasteiger partial charge in [0.1, 0.15) is 0 Å². The normalized spacial score (nSPS) is 11.9. The van der Waals surface area contributed by atoms with Crippen LogP contribution in [0.15, 0.2) is 47.5 Å². The van der Waals surface area contributed by atoms with Crippen molar-refractivity contribution in [2.75, 3.05) is 18.5 Å². The second-order valence-corrected chi connectivity index (χ2v) is 7.04. The highest BCUT2D eigenvalue weighted by molar-refractivity contribution is 7.89. The van der Waals surface area contributed by atoms with Gasteiger partial charge in [0.2, 0.25) is 15.9 Å². The lowest BCUT2D eigenvalue weighted by molar-refractivity contribution is -0.154. The minimum Gasteiger partial charge on any atom is -0.468 e. The molecule has 0 saturated carbocycles. The third-order valence-electron chi connectivity index (χ3n) is 3.12. The average Bonchev–Trinajstić information content (AvgIpc) is 2.60. The first-order valence-corrected chi connectivity index (χ1v) is 9.16. The SMILES string of the molecule is CCNS(=O)(=O)c1cccc(C(=O)Nc2ccc(OCC(F)(F)F)nc2)c1. The van der Waals surface area contributed by atoms with E-state index in [1.807, 2.05) is 0 Å². The fraction of sp³-hybridized carbons (Fsp3) is 0.250. The molecule has 2 aromatic rings. The number of carbonyl (C=O) groups excluding carboxylic acids is 1. The standard InChI is InChI=1S/C16H16F3N3O4S/c1-2-21-27(24,25)13-5-3-4-11(8-13)15(23)22-12-6-7-14(20-9-12)26-10-16(17,18)19/h3-9,21H,2,10H2,1H3,(H,22,23). The van der Waals surface area contributed by atoms with Crippen LogP contribution in [0.4, 0.5) is 18.9 Å². The number of ether oxygens (including phenoxy) is 1. The number of rotatable bonds is 7. The van der Waals surface area contributed by atoms with Gasteiger partial charge >= 0.3 is 6.18 Å². The first-order valence-electron chi connectivity index (χ1n) is 7.67. The summed E-state index contributed by atoms with van der Waals surface area (Å²) in [5.41, 5.74) is 0.297. The lowest BCUT2D eigenvalue weighted by Gasteiger charge is -2.10. The van der Waals surface area contributed by atoms with Crippen molar-refractivity contribution in [1.29, 1.82) is 0 Å². The van der Waals surface area contributed by atoms with Crippen molar-refractivity contribution in [3.05, 3.63) is 48.2 Å². The van der Waals surface area contributed by atoms with Gasteiger partial charge < -0.3 is 10.1 Å². The van der Waals surface area contributed by atoms with E-state index in [4.69, 9.17) is 0 Å². The fourth-order valence-electron chi connectivity index (χ4n) is 1.98. The Morgan fingerprint density at radius 2 is 1.96 bits per heavy atom. The molecule has 0 atom stereocenters. The van der Waals surface area contributed by atoms with Crippen molar-refractivity contribution in [2.24, 2.45) is 0 Å². The summed E-state index contributed by atoms with van der Waals surface area (Å²) in [4.78, 5) is 15.9. The number of nitrogens with one attached hydrogen (secondary N) is 2. The number of nitrogens with zero attached hydrogens (tertiary/aromatic N) is 1. The highest BCUT2D eigenvalue weighted by Gasteiger charge is 2.28. The first-order chi connectivity index (χ1) is 12.6. The molecule has 1 amide bonds. The predicted octanol–water partition coefficient (Wildman–Crippen LogP) is 2.57. The lowest BCUT2D eigenvalue weighted by atomic mass is 10.2. The Balaban J connectivity index is 2.07. The van der Waals surface area contributed by atoms with Crippen LogP contribution < -0.4 is 14.8 Å². The number of hydrogen-bond acceptors (Lipinski definition) is 5. The van der Waals surface area contributed by atoms with E-state index < -0.39 is 28.7 Å². The number of anilines is 1. The zero-order chi connectivity index (χ0) is 20.1. The summed E-state index contributed by atoms with van der Waals surface area (Å²) < 4.78 is 67.0. The van der Waals surface area contributed by atoms with Gasteiger partial charge in [-0.1, -0.05) is 13.0 Å². The molecule has 7 nitrogen and oxygen atoms in total. The maximum atomic E-state index is 12.3. The van der Waals surface area contributed by atoms with Gasteiger partial charge in [-0.15, -0.1) is 0 Å². The smallest absolute Gasteiger partial charge is 0.422 e. The number of hydrogen-bond donors (Lipinski definition) is 2. The minimum atomic E-state index is -4.48. The monoisotopic (exact) mass is 403 g/mol. The molecule has 27 heavy (non-hydrogen) atoms. The highest BCUT2D eigenvalue weighted by atomic mass is 32.2. The Morgan fingerprint density at radius 3 is 2.56 bits per heavy atom. The van der Waals surface area contributed by atoms with Crippen LogP contribution >= 0.6 is 0 Å². The van der Waals surface area contributed by atoms with Crippen LogP contribution in [0, 0.1) is 0 Å². The molecule has 0 bridgehead atoms.